The molecule has 0 bridgehead atoms. The summed E-state index contributed by atoms with van der Waals surface area (Å²) in [5, 5.41) is 3.15. The summed E-state index contributed by atoms with van der Waals surface area (Å²) in [6.45, 7) is 0.298. The Labute approximate surface area is 112 Å². The molecule has 2 fully saturated rings. The molecule has 19 heavy (non-hydrogen) atoms. The number of rotatable bonds is 1. The van der Waals surface area contributed by atoms with E-state index >= 15 is 0 Å². The Morgan fingerprint density at radius 2 is 2.11 bits per heavy atom. The minimum Gasteiger partial charge on any atom is -0.454 e. The van der Waals surface area contributed by atoms with Crippen molar-refractivity contribution in [1.82, 2.24) is 5.32 Å². The van der Waals surface area contributed by atoms with Gasteiger partial charge in [-0.25, -0.2) is 0 Å². The molecular weight excluding hydrogens is 242 g/mol. The molecule has 0 spiro atoms. The molecule has 100 valence electrons. The summed E-state index contributed by atoms with van der Waals surface area (Å²) >= 11 is 0. The number of ether oxygens (including phenoxy) is 2. The fourth-order valence-electron chi connectivity index (χ4n) is 3.85. The third-order valence-corrected chi connectivity index (χ3v) is 4.79. The summed E-state index contributed by atoms with van der Waals surface area (Å²) in [6.07, 6.45) is 5.17. The molecule has 2 heterocycles. The summed E-state index contributed by atoms with van der Waals surface area (Å²) in [7, 11) is 0. The molecule has 0 unspecified atom stereocenters. The fourth-order valence-corrected chi connectivity index (χ4v) is 3.85. The molecule has 1 aromatic rings. The zero-order valence-electron chi connectivity index (χ0n) is 10.8. The Hall–Kier alpha value is -1.71. The van der Waals surface area contributed by atoms with Crippen molar-refractivity contribution in [2.24, 2.45) is 0 Å². The lowest BCUT2D eigenvalue weighted by Gasteiger charge is -2.38. The lowest BCUT2D eigenvalue weighted by Crippen LogP contribution is -2.43. The molecule has 1 amide bonds. The maximum Gasteiger partial charge on any atom is 0.231 e. The predicted octanol–water partition coefficient (Wildman–Crippen LogP) is 2.12. The van der Waals surface area contributed by atoms with Gasteiger partial charge in [0.25, 0.3) is 0 Å². The average molecular weight is 259 g/mol. The Bertz CT molecular complexity index is 542. The van der Waals surface area contributed by atoms with Crippen LogP contribution in [0, 0.1) is 0 Å². The minimum atomic E-state index is -0.0314. The predicted molar refractivity (Wildman–Crippen MR) is 69.3 cm³/mol. The van der Waals surface area contributed by atoms with Gasteiger partial charge in [0.05, 0.1) is 0 Å². The Balaban J connectivity index is 1.78. The fraction of sp³-hybridized carbons (Fsp3) is 0.533. The van der Waals surface area contributed by atoms with Gasteiger partial charge in [0.2, 0.25) is 12.7 Å². The van der Waals surface area contributed by atoms with E-state index in [0.717, 1.165) is 24.3 Å². The van der Waals surface area contributed by atoms with Crippen molar-refractivity contribution in [3.63, 3.8) is 0 Å². The number of hydrogen-bond acceptors (Lipinski definition) is 3. The summed E-state index contributed by atoms with van der Waals surface area (Å²) in [6, 6.07) is 6.43. The molecule has 1 saturated heterocycles. The van der Waals surface area contributed by atoms with Gasteiger partial charge in [-0.05, 0) is 30.5 Å². The number of carbonyl (C=O) groups excluding carboxylic acids is 1. The molecular formula is C15H17NO3. The highest BCUT2D eigenvalue weighted by Crippen LogP contribution is 2.47. The topological polar surface area (TPSA) is 47.6 Å². The van der Waals surface area contributed by atoms with Crippen molar-refractivity contribution < 1.29 is 14.3 Å². The Kier molecular flexibility index (Phi) is 2.28. The SMILES string of the molecule is O=C1C[C@]2(c3ccc4c(c3)OCO4)CCCC[C@@H]2N1. The zero-order valence-corrected chi connectivity index (χ0v) is 10.8. The average Bonchev–Trinajstić information content (AvgIpc) is 3.00. The number of amides is 1. The van der Waals surface area contributed by atoms with Gasteiger partial charge in [0, 0.05) is 17.9 Å². The van der Waals surface area contributed by atoms with Crippen LogP contribution >= 0.6 is 0 Å². The van der Waals surface area contributed by atoms with E-state index < -0.39 is 0 Å². The third-order valence-electron chi connectivity index (χ3n) is 4.79. The molecule has 1 aliphatic carbocycles. The molecule has 1 aromatic carbocycles. The number of carbonyl (C=O) groups is 1. The summed E-state index contributed by atoms with van der Waals surface area (Å²) in [5.41, 5.74) is 1.19. The van der Waals surface area contributed by atoms with Crippen molar-refractivity contribution in [1.29, 1.82) is 0 Å². The van der Waals surface area contributed by atoms with Crippen LogP contribution in [-0.2, 0) is 10.2 Å². The monoisotopic (exact) mass is 259 g/mol. The Morgan fingerprint density at radius 3 is 3.05 bits per heavy atom. The van der Waals surface area contributed by atoms with E-state index in [1.807, 2.05) is 6.07 Å². The van der Waals surface area contributed by atoms with Gasteiger partial charge >= 0.3 is 0 Å². The van der Waals surface area contributed by atoms with Crippen LogP contribution in [0.25, 0.3) is 0 Å². The van der Waals surface area contributed by atoms with Crippen molar-refractivity contribution in [2.45, 2.75) is 43.6 Å². The van der Waals surface area contributed by atoms with Crippen LogP contribution in [0.15, 0.2) is 18.2 Å². The Morgan fingerprint density at radius 1 is 1.21 bits per heavy atom. The van der Waals surface area contributed by atoms with Gasteiger partial charge in [-0.3, -0.25) is 4.79 Å². The summed E-state index contributed by atoms with van der Waals surface area (Å²) in [5.74, 6) is 1.81. The molecule has 4 rings (SSSR count). The van der Waals surface area contributed by atoms with Gasteiger partial charge in [-0.15, -0.1) is 0 Å². The third kappa shape index (κ3) is 1.55. The van der Waals surface area contributed by atoms with E-state index in [0.29, 0.717) is 13.2 Å². The van der Waals surface area contributed by atoms with E-state index in [-0.39, 0.29) is 17.4 Å². The molecule has 2 aliphatic heterocycles. The smallest absolute Gasteiger partial charge is 0.231 e. The highest BCUT2D eigenvalue weighted by Gasteiger charge is 2.49. The van der Waals surface area contributed by atoms with Crippen LogP contribution in [0.1, 0.15) is 37.7 Å². The molecule has 0 aromatic heterocycles. The second-order valence-corrected chi connectivity index (χ2v) is 5.77. The normalized spacial score (nSPS) is 32.0. The van der Waals surface area contributed by atoms with Crippen LogP contribution in [0.5, 0.6) is 11.5 Å². The molecule has 4 nitrogen and oxygen atoms in total. The van der Waals surface area contributed by atoms with Gasteiger partial charge in [0.15, 0.2) is 11.5 Å². The number of benzene rings is 1. The van der Waals surface area contributed by atoms with Gasteiger partial charge < -0.3 is 14.8 Å². The number of hydrogen-bond donors (Lipinski definition) is 1. The van der Waals surface area contributed by atoms with Gasteiger partial charge in [0.1, 0.15) is 0 Å². The maximum absolute atomic E-state index is 11.9. The van der Waals surface area contributed by atoms with Crippen LogP contribution in [0.4, 0.5) is 0 Å². The highest BCUT2D eigenvalue weighted by molar-refractivity contribution is 5.82. The zero-order chi connectivity index (χ0) is 12.9. The van der Waals surface area contributed by atoms with Crippen molar-refractivity contribution in [2.75, 3.05) is 6.79 Å². The molecule has 1 N–H and O–H groups in total. The second kappa shape index (κ2) is 3.89. The number of nitrogens with one attached hydrogen (secondary N) is 1. The molecule has 2 atom stereocenters. The number of fused-ring (bicyclic) bond motifs is 2. The first kappa shape index (κ1) is 11.1. The van der Waals surface area contributed by atoms with Crippen molar-refractivity contribution in [3.05, 3.63) is 23.8 Å². The largest absolute Gasteiger partial charge is 0.454 e. The highest BCUT2D eigenvalue weighted by atomic mass is 16.7. The van der Waals surface area contributed by atoms with Crippen LogP contribution in [0.2, 0.25) is 0 Å². The lowest BCUT2D eigenvalue weighted by molar-refractivity contribution is -0.119. The first-order valence-electron chi connectivity index (χ1n) is 6.97. The van der Waals surface area contributed by atoms with Crippen LogP contribution in [-0.4, -0.2) is 18.7 Å². The second-order valence-electron chi connectivity index (χ2n) is 5.77. The first-order valence-corrected chi connectivity index (χ1v) is 6.97. The van der Waals surface area contributed by atoms with E-state index in [4.69, 9.17) is 9.47 Å². The molecule has 3 aliphatic rings. The summed E-state index contributed by atoms with van der Waals surface area (Å²) < 4.78 is 10.8. The van der Waals surface area contributed by atoms with Crippen molar-refractivity contribution in [3.8, 4) is 11.5 Å². The first-order chi connectivity index (χ1) is 9.28. The minimum absolute atomic E-state index is 0.0314. The molecule has 4 heteroatoms. The summed E-state index contributed by atoms with van der Waals surface area (Å²) in [4.78, 5) is 11.9. The van der Waals surface area contributed by atoms with E-state index in [1.54, 1.807) is 0 Å². The van der Waals surface area contributed by atoms with E-state index in [1.165, 1.54) is 18.4 Å². The van der Waals surface area contributed by atoms with Crippen LogP contribution < -0.4 is 14.8 Å². The van der Waals surface area contributed by atoms with E-state index in [2.05, 4.69) is 17.4 Å². The standard InChI is InChI=1S/C15H17NO3/c17-14-8-15(6-2-1-3-13(15)16-14)10-4-5-11-12(7-10)19-9-18-11/h4-5,7,13H,1-3,6,8-9H2,(H,16,17)/t13-,15-/m0/s1. The maximum atomic E-state index is 11.9. The quantitative estimate of drug-likeness (QED) is 0.840. The lowest BCUT2D eigenvalue weighted by atomic mass is 9.66. The van der Waals surface area contributed by atoms with E-state index in [9.17, 15) is 4.79 Å². The molecule has 1 saturated carbocycles. The van der Waals surface area contributed by atoms with Gasteiger partial charge in [-0.2, -0.15) is 0 Å². The molecule has 0 radical (unpaired) electrons. The van der Waals surface area contributed by atoms with Gasteiger partial charge in [-0.1, -0.05) is 18.9 Å². The van der Waals surface area contributed by atoms with Crippen LogP contribution in [0.3, 0.4) is 0 Å². The van der Waals surface area contributed by atoms with Crippen molar-refractivity contribution >= 4 is 5.91 Å².